The van der Waals surface area contributed by atoms with E-state index in [2.05, 4.69) is 20.6 Å². The summed E-state index contributed by atoms with van der Waals surface area (Å²) in [6, 6.07) is 2.87. The zero-order chi connectivity index (χ0) is 26.3. The molecule has 192 valence electrons. The number of aryl methyl sites for hydroxylation is 1. The number of aromatic nitrogens is 4. The molecule has 2 atom stereocenters. The van der Waals surface area contributed by atoms with Crippen LogP contribution in [0.15, 0.2) is 46.5 Å². The van der Waals surface area contributed by atoms with Gasteiger partial charge in [0.25, 0.3) is 23.8 Å². The van der Waals surface area contributed by atoms with Gasteiger partial charge in [0.2, 0.25) is 0 Å². The summed E-state index contributed by atoms with van der Waals surface area (Å²) >= 11 is 2.48. The largest absolute Gasteiger partial charge is 0.543 e. The third-order valence-electron chi connectivity index (χ3n) is 5.82. The van der Waals surface area contributed by atoms with Crippen LogP contribution in [0, 0.1) is 6.92 Å². The maximum atomic E-state index is 13.1. The lowest BCUT2D eigenvalue weighted by Gasteiger charge is -2.50. The number of aliphatic carboxylic acids is 1. The fourth-order valence-corrected chi connectivity index (χ4v) is 6.02. The summed E-state index contributed by atoms with van der Waals surface area (Å²) < 4.78 is 3.50. The lowest BCUT2D eigenvalue weighted by molar-refractivity contribution is -0.664. The van der Waals surface area contributed by atoms with Crippen LogP contribution >= 0.6 is 23.1 Å². The number of nitrogen functional groups attached to an aromatic ring is 1. The number of rotatable bonds is 8. The standard InChI is InChI=1S/C22H22N8O5S2/c1-3-35-27-15(13-9-37-22(23)25-13)18(31)26-16-19(32)30-17(21(33)34)12(8-36-20(16)30)7-28-10-24-29-6-11(2)4-5-14(28)29/h4-6,9-10,16,20H,3,7-8H2,1-2H3,(H3-,23,25,26,31,33,34)/b27-15-/t16-,20-/m1/s1. The molecule has 0 saturated carbocycles. The summed E-state index contributed by atoms with van der Waals surface area (Å²) in [4.78, 5) is 48.5. The number of hydrogen-bond donors (Lipinski definition) is 2. The Bertz CT molecular complexity index is 1480. The van der Waals surface area contributed by atoms with Crippen LogP contribution in [0.3, 0.4) is 0 Å². The van der Waals surface area contributed by atoms with Crippen molar-refractivity contribution >= 4 is 57.4 Å². The molecule has 5 rings (SSSR count). The van der Waals surface area contributed by atoms with Gasteiger partial charge < -0.3 is 25.8 Å². The van der Waals surface area contributed by atoms with E-state index < -0.39 is 29.2 Å². The molecule has 0 spiro atoms. The molecule has 0 bridgehead atoms. The van der Waals surface area contributed by atoms with Crippen LogP contribution in [0.2, 0.25) is 0 Å². The number of β-lactam (4-membered cyclic amide) rings is 1. The van der Waals surface area contributed by atoms with Crippen LogP contribution < -0.4 is 20.7 Å². The number of nitrogens with two attached hydrogens (primary N) is 1. The second-order valence-electron chi connectivity index (χ2n) is 8.30. The molecule has 5 heterocycles. The summed E-state index contributed by atoms with van der Waals surface area (Å²) in [5, 5.41) is 24.1. The van der Waals surface area contributed by atoms with Gasteiger partial charge in [0.1, 0.15) is 29.9 Å². The summed E-state index contributed by atoms with van der Waals surface area (Å²) in [5.74, 6) is -2.37. The van der Waals surface area contributed by atoms with Crippen LogP contribution in [0.1, 0.15) is 18.2 Å². The second kappa shape index (κ2) is 9.82. The second-order valence-corrected chi connectivity index (χ2v) is 10.3. The van der Waals surface area contributed by atoms with Gasteiger partial charge >= 0.3 is 0 Å². The first-order chi connectivity index (χ1) is 17.8. The van der Waals surface area contributed by atoms with E-state index in [9.17, 15) is 19.5 Å². The molecule has 3 aromatic rings. The molecule has 13 nitrogen and oxygen atoms in total. The van der Waals surface area contributed by atoms with Gasteiger partial charge in [0, 0.05) is 22.3 Å². The maximum absolute atomic E-state index is 13.1. The number of nitrogens with one attached hydrogen (secondary N) is 1. The number of carbonyl (C=O) groups excluding carboxylic acids is 3. The van der Waals surface area contributed by atoms with Gasteiger partial charge in [-0.25, -0.2) is 9.55 Å². The van der Waals surface area contributed by atoms with E-state index in [0.29, 0.717) is 11.3 Å². The van der Waals surface area contributed by atoms with Gasteiger partial charge in [0.05, 0.1) is 18.2 Å². The number of thioether (sulfide) groups is 1. The van der Waals surface area contributed by atoms with E-state index >= 15 is 0 Å². The van der Waals surface area contributed by atoms with E-state index in [1.54, 1.807) is 27.7 Å². The monoisotopic (exact) mass is 542 g/mol. The Kier molecular flexibility index (Phi) is 6.55. The van der Waals surface area contributed by atoms with Gasteiger partial charge in [-0.05, 0) is 31.1 Å². The molecular formula is C22H22N8O5S2. The summed E-state index contributed by atoms with van der Waals surface area (Å²) in [5.41, 5.74) is 7.89. The van der Waals surface area contributed by atoms with Crippen LogP contribution in [0.5, 0.6) is 0 Å². The lowest BCUT2D eigenvalue weighted by Crippen LogP contribution is -2.71. The van der Waals surface area contributed by atoms with Crippen molar-refractivity contribution < 1.29 is 28.9 Å². The Labute approximate surface area is 218 Å². The van der Waals surface area contributed by atoms with E-state index in [1.165, 1.54) is 16.7 Å². The Morgan fingerprint density at radius 2 is 2.22 bits per heavy atom. The number of pyridine rings is 1. The molecule has 37 heavy (non-hydrogen) atoms. The number of carboxylic acid groups (broad SMARTS) is 1. The number of anilines is 1. The Morgan fingerprint density at radius 1 is 1.41 bits per heavy atom. The smallest absolute Gasteiger partial charge is 0.276 e. The van der Waals surface area contributed by atoms with E-state index in [0.717, 1.165) is 22.5 Å². The Hall–Kier alpha value is -3.98. The predicted octanol–water partition coefficient (Wildman–Crippen LogP) is -1.19. The molecule has 0 radical (unpaired) electrons. The van der Waals surface area contributed by atoms with Crippen molar-refractivity contribution in [1.82, 2.24) is 24.8 Å². The van der Waals surface area contributed by atoms with E-state index in [1.807, 2.05) is 25.3 Å². The number of thiazole rings is 1. The molecular weight excluding hydrogens is 520 g/mol. The topological polar surface area (TPSA) is 171 Å². The molecule has 0 aromatic carbocycles. The fourth-order valence-electron chi connectivity index (χ4n) is 4.14. The molecule has 1 saturated heterocycles. The Balaban J connectivity index is 1.37. The zero-order valence-corrected chi connectivity index (χ0v) is 21.4. The van der Waals surface area contributed by atoms with Crippen LogP contribution in [0.25, 0.3) is 5.65 Å². The Morgan fingerprint density at radius 3 is 2.92 bits per heavy atom. The molecule has 3 aromatic heterocycles. The van der Waals surface area contributed by atoms with Gasteiger partial charge in [-0.2, -0.15) is 0 Å². The molecule has 15 heteroatoms. The third-order valence-corrected chi connectivity index (χ3v) is 7.83. The first-order valence-electron chi connectivity index (χ1n) is 11.2. The van der Waals surface area contributed by atoms with Crippen LogP contribution in [0.4, 0.5) is 5.13 Å². The first kappa shape index (κ1) is 24.7. The van der Waals surface area contributed by atoms with Crippen molar-refractivity contribution in [2.75, 3.05) is 18.1 Å². The highest BCUT2D eigenvalue weighted by Crippen LogP contribution is 2.40. The van der Waals surface area contributed by atoms with Crippen molar-refractivity contribution in [3.8, 4) is 0 Å². The average molecular weight is 543 g/mol. The van der Waals surface area contributed by atoms with Gasteiger partial charge in [-0.15, -0.1) is 23.1 Å². The fraction of sp³-hybridized carbons (Fsp3) is 0.318. The SMILES string of the molecule is CCO/N=C(\C(=O)N[C@@H]1C(=O)N2C(C(=O)[O-])=C(C[n+]3cnn4cc(C)ccc43)CS[C@H]12)c1csc(N)n1. The number of hydrogen-bond acceptors (Lipinski definition) is 11. The number of amides is 2. The molecule has 0 aliphatic carbocycles. The lowest BCUT2D eigenvalue weighted by atomic mass is 10.0. The molecule has 2 aliphatic rings. The molecule has 3 N–H and O–H groups in total. The average Bonchev–Trinajstić information content (AvgIpc) is 3.47. The number of oxime groups is 1. The highest BCUT2D eigenvalue weighted by atomic mass is 32.2. The highest BCUT2D eigenvalue weighted by Gasteiger charge is 2.53. The summed E-state index contributed by atoms with van der Waals surface area (Å²) in [6.45, 7) is 4.09. The highest BCUT2D eigenvalue weighted by molar-refractivity contribution is 8.00. The normalized spacial score (nSPS) is 19.6. The van der Waals surface area contributed by atoms with Crippen LogP contribution in [-0.4, -0.2) is 66.8 Å². The number of carbonyl (C=O) groups is 3. The van der Waals surface area contributed by atoms with Crippen molar-refractivity contribution in [3.05, 3.63) is 52.6 Å². The minimum Gasteiger partial charge on any atom is -0.543 e. The van der Waals surface area contributed by atoms with Crippen molar-refractivity contribution in [2.45, 2.75) is 31.8 Å². The van der Waals surface area contributed by atoms with Crippen LogP contribution in [-0.2, 0) is 25.8 Å². The predicted molar refractivity (Wildman–Crippen MR) is 132 cm³/mol. The van der Waals surface area contributed by atoms with Gasteiger partial charge in [-0.3, -0.25) is 14.5 Å². The molecule has 1 fully saturated rings. The maximum Gasteiger partial charge on any atom is 0.276 e. The zero-order valence-electron chi connectivity index (χ0n) is 19.8. The summed E-state index contributed by atoms with van der Waals surface area (Å²) in [6.07, 6.45) is 3.47. The number of carboxylic acids is 1. The molecule has 0 unspecified atom stereocenters. The van der Waals surface area contributed by atoms with E-state index in [4.69, 9.17) is 10.6 Å². The number of nitrogens with zero attached hydrogens (tertiary/aromatic N) is 6. The minimum atomic E-state index is -1.46. The first-order valence-corrected chi connectivity index (χ1v) is 13.1. The van der Waals surface area contributed by atoms with Crippen molar-refractivity contribution in [3.63, 3.8) is 0 Å². The molecule has 2 amide bonds. The third kappa shape index (κ3) is 4.51. The minimum absolute atomic E-state index is 0.127. The molecule has 2 aliphatic heterocycles. The van der Waals surface area contributed by atoms with Crippen molar-refractivity contribution in [1.29, 1.82) is 0 Å². The van der Waals surface area contributed by atoms with Crippen molar-refractivity contribution in [2.24, 2.45) is 5.16 Å². The van der Waals surface area contributed by atoms with E-state index in [-0.39, 0.29) is 35.4 Å². The van der Waals surface area contributed by atoms with Gasteiger partial charge in [0.15, 0.2) is 10.8 Å². The number of fused-ring (bicyclic) bond motifs is 2. The van der Waals surface area contributed by atoms with Gasteiger partial charge in [-0.1, -0.05) is 9.67 Å². The summed E-state index contributed by atoms with van der Waals surface area (Å²) in [7, 11) is 0. The quantitative estimate of drug-likeness (QED) is 0.154.